The molecule has 0 unspecified atom stereocenters. The van der Waals surface area contributed by atoms with Gasteiger partial charge in [0.25, 0.3) is 10.1 Å². The van der Waals surface area contributed by atoms with Crippen LogP contribution in [0.25, 0.3) is 21.8 Å². The molecule has 2 aromatic carbocycles. The second-order valence-electron chi connectivity index (χ2n) is 3.85. The van der Waals surface area contributed by atoms with Crippen LogP contribution in [0.15, 0.2) is 47.6 Å². The molecule has 0 atom stereocenters. The topological polar surface area (TPSA) is 80.2 Å². The van der Waals surface area contributed by atoms with E-state index in [1.807, 2.05) is 0 Å². The van der Waals surface area contributed by atoms with Gasteiger partial charge in [-0.3, -0.25) is 14.5 Å². The van der Waals surface area contributed by atoms with Gasteiger partial charge in [-0.2, -0.15) is 8.42 Å². The first-order valence-electron chi connectivity index (χ1n) is 5.17. The molecule has 91 valence electrons. The Morgan fingerprint density at radius 1 is 1.00 bits per heavy atom. The van der Waals surface area contributed by atoms with Gasteiger partial charge < -0.3 is 0 Å². The molecular formula is C12H8N2NaO3S. The van der Waals surface area contributed by atoms with Crippen LogP contribution in [0.1, 0.15) is 0 Å². The molecule has 0 spiro atoms. The number of rotatable bonds is 1. The van der Waals surface area contributed by atoms with Crippen molar-refractivity contribution >= 4 is 61.5 Å². The minimum absolute atomic E-state index is 0. The summed E-state index contributed by atoms with van der Waals surface area (Å²) in [6.45, 7) is 0. The molecule has 3 rings (SSSR count). The van der Waals surface area contributed by atoms with Crippen molar-refractivity contribution in [1.29, 1.82) is 0 Å². The van der Waals surface area contributed by atoms with E-state index in [4.69, 9.17) is 0 Å². The molecule has 7 heteroatoms. The van der Waals surface area contributed by atoms with Crippen LogP contribution < -0.4 is 0 Å². The Hall–Kier alpha value is -1.05. The summed E-state index contributed by atoms with van der Waals surface area (Å²) in [5.74, 6) is 0. The first kappa shape index (κ1) is 14.4. The van der Waals surface area contributed by atoms with Gasteiger partial charge >= 0.3 is 0 Å². The summed E-state index contributed by atoms with van der Waals surface area (Å²) in [5.41, 5.74) is 1.26. The summed E-state index contributed by atoms with van der Waals surface area (Å²) < 4.78 is 31.8. The van der Waals surface area contributed by atoms with Crippen molar-refractivity contribution < 1.29 is 13.0 Å². The molecule has 0 aliphatic heterocycles. The predicted molar refractivity (Wildman–Crippen MR) is 72.6 cm³/mol. The van der Waals surface area contributed by atoms with Gasteiger partial charge in [0.2, 0.25) is 0 Å². The summed E-state index contributed by atoms with van der Waals surface area (Å²) in [5, 5.41) is 1.13. The van der Waals surface area contributed by atoms with Gasteiger partial charge in [0.15, 0.2) is 0 Å². The zero-order valence-electron chi connectivity index (χ0n) is 10.1. The van der Waals surface area contributed by atoms with Crippen molar-refractivity contribution in [3.63, 3.8) is 0 Å². The van der Waals surface area contributed by atoms with Crippen molar-refractivity contribution in [3.8, 4) is 0 Å². The predicted octanol–water partition coefficient (Wildman–Crippen LogP) is 1.65. The SMILES string of the molecule is O=S(=O)(O)c1cccc2cc3nccnc3cc12.[Na]. The summed E-state index contributed by atoms with van der Waals surface area (Å²) in [6, 6.07) is 8.05. The minimum atomic E-state index is -4.25. The first-order valence-corrected chi connectivity index (χ1v) is 6.61. The van der Waals surface area contributed by atoms with Crippen LogP contribution in [0.2, 0.25) is 0 Å². The monoisotopic (exact) mass is 283 g/mol. The first-order chi connectivity index (χ1) is 8.55. The van der Waals surface area contributed by atoms with Gasteiger partial charge in [-0.1, -0.05) is 12.1 Å². The molecule has 0 aliphatic rings. The Morgan fingerprint density at radius 3 is 2.26 bits per heavy atom. The van der Waals surface area contributed by atoms with E-state index in [2.05, 4.69) is 9.97 Å². The van der Waals surface area contributed by atoms with Crippen LogP contribution >= 0.6 is 0 Å². The van der Waals surface area contributed by atoms with Crippen molar-refractivity contribution in [1.82, 2.24) is 9.97 Å². The van der Waals surface area contributed by atoms with E-state index in [0.29, 0.717) is 21.8 Å². The van der Waals surface area contributed by atoms with Crippen LogP contribution in [-0.4, -0.2) is 52.5 Å². The third-order valence-electron chi connectivity index (χ3n) is 2.71. The van der Waals surface area contributed by atoms with E-state index in [-0.39, 0.29) is 34.5 Å². The van der Waals surface area contributed by atoms with Crippen molar-refractivity contribution in [2.75, 3.05) is 0 Å². The van der Waals surface area contributed by atoms with Gasteiger partial charge in [-0.15, -0.1) is 0 Å². The molecule has 3 aromatic rings. The fraction of sp³-hybridized carbons (Fsp3) is 0. The van der Waals surface area contributed by atoms with Gasteiger partial charge in [0, 0.05) is 47.3 Å². The number of benzene rings is 2. The van der Waals surface area contributed by atoms with Crippen LogP contribution in [0.3, 0.4) is 0 Å². The summed E-state index contributed by atoms with van der Waals surface area (Å²) in [7, 11) is -4.25. The van der Waals surface area contributed by atoms with Gasteiger partial charge in [-0.25, -0.2) is 0 Å². The molecule has 1 radical (unpaired) electrons. The number of nitrogens with zero attached hydrogens (tertiary/aromatic N) is 2. The molecular weight excluding hydrogens is 275 g/mol. The van der Waals surface area contributed by atoms with Crippen LogP contribution in [0, 0.1) is 0 Å². The fourth-order valence-electron chi connectivity index (χ4n) is 1.93. The Morgan fingerprint density at radius 2 is 1.63 bits per heavy atom. The summed E-state index contributed by atoms with van der Waals surface area (Å²) in [4.78, 5) is 8.15. The Bertz CT molecular complexity index is 865. The zero-order chi connectivity index (χ0) is 12.8. The van der Waals surface area contributed by atoms with E-state index >= 15 is 0 Å². The normalized spacial score (nSPS) is 11.4. The van der Waals surface area contributed by atoms with E-state index < -0.39 is 10.1 Å². The number of aromatic nitrogens is 2. The average molecular weight is 283 g/mol. The van der Waals surface area contributed by atoms with Crippen molar-refractivity contribution in [2.24, 2.45) is 0 Å². The number of hydrogen-bond acceptors (Lipinski definition) is 4. The Balaban J connectivity index is 0.00000133. The Labute approximate surface area is 131 Å². The fourth-order valence-corrected chi connectivity index (χ4v) is 2.64. The van der Waals surface area contributed by atoms with Crippen LogP contribution in [0.4, 0.5) is 0 Å². The van der Waals surface area contributed by atoms with Crippen molar-refractivity contribution in [2.45, 2.75) is 4.90 Å². The van der Waals surface area contributed by atoms with Crippen LogP contribution in [-0.2, 0) is 10.1 Å². The van der Waals surface area contributed by atoms with E-state index in [0.717, 1.165) is 0 Å². The molecule has 0 aliphatic carbocycles. The minimum Gasteiger partial charge on any atom is -0.282 e. The molecule has 1 N–H and O–H groups in total. The maximum Gasteiger partial charge on any atom is 0.295 e. The molecule has 1 aromatic heterocycles. The summed E-state index contributed by atoms with van der Waals surface area (Å²) >= 11 is 0. The largest absolute Gasteiger partial charge is 0.295 e. The second kappa shape index (κ2) is 5.15. The number of hydrogen-bond donors (Lipinski definition) is 1. The molecule has 1 heterocycles. The van der Waals surface area contributed by atoms with Crippen LogP contribution in [0.5, 0.6) is 0 Å². The third-order valence-corrected chi connectivity index (χ3v) is 3.62. The molecule has 0 saturated carbocycles. The Kier molecular flexibility index (Phi) is 3.89. The second-order valence-corrected chi connectivity index (χ2v) is 5.24. The molecule has 0 bridgehead atoms. The average Bonchev–Trinajstić information content (AvgIpc) is 2.34. The van der Waals surface area contributed by atoms with E-state index in [1.54, 1.807) is 30.5 Å². The molecule has 19 heavy (non-hydrogen) atoms. The molecule has 0 saturated heterocycles. The molecule has 5 nitrogen and oxygen atoms in total. The maximum absolute atomic E-state index is 11.3. The van der Waals surface area contributed by atoms with Crippen molar-refractivity contribution in [3.05, 3.63) is 42.7 Å². The third kappa shape index (κ3) is 2.63. The standard InChI is InChI=1S/C12H8N2O3S.Na/c15-18(16,17)12-3-1-2-8-6-10-11(7-9(8)12)14-5-4-13-10;/h1-7H,(H,15,16,17);. The smallest absolute Gasteiger partial charge is 0.282 e. The maximum atomic E-state index is 11.3. The quantitative estimate of drug-likeness (QED) is 0.417. The van der Waals surface area contributed by atoms with E-state index in [9.17, 15) is 13.0 Å². The van der Waals surface area contributed by atoms with Gasteiger partial charge in [0.1, 0.15) is 4.90 Å². The molecule has 0 amide bonds. The van der Waals surface area contributed by atoms with Gasteiger partial charge in [0.05, 0.1) is 11.0 Å². The zero-order valence-corrected chi connectivity index (χ0v) is 12.9. The van der Waals surface area contributed by atoms with E-state index in [1.165, 1.54) is 12.3 Å². The summed E-state index contributed by atoms with van der Waals surface area (Å²) in [6.07, 6.45) is 3.10. The van der Waals surface area contributed by atoms with Gasteiger partial charge in [-0.05, 0) is 23.6 Å². The number of fused-ring (bicyclic) bond motifs is 2. The molecule has 0 fully saturated rings.